The summed E-state index contributed by atoms with van der Waals surface area (Å²) in [4.78, 5) is 2.14. The van der Waals surface area contributed by atoms with Crippen molar-refractivity contribution in [2.75, 3.05) is 17.7 Å². The van der Waals surface area contributed by atoms with Crippen molar-refractivity contribution in [2.24, 2.45) is 0 Å². The van der Waals surface area contributed by atoms with Crippen LogP contribution in [0.5, 0.6) is 0 Å². The lowest BCUT2D eigenvalue weighted by Gasteiger charge is -2.28. The highest BCUT2D eigenvalue weighted by molar-refractivity contribution is 6.30. The molecule has 0 amide bonds. The minimum atomic E-state index is 0.164. The van der Waals surface area contributed by atoms with Crippen LogP contribution < -0.4 is 10.6 Å². The molecule has 1 unspecified atom stereocenters. The Balaban J connectivity index is 2.38. The average molecular weight is 293 g/mol. The Kier molecular flexibility index (Phi) is 4.23. The van der Waals surface area contributed by atoms with Crippen molar-refractivity contribution in [2.45, 2.75) is 33.4 Å². The standard InChI is InChI=1S/C15H21ClN4/c1-5-20-15(14(17)10(2)18-20)19(4)11(3)12-7-6-8-13(16)9-12/h6-9,11H,5,17H2,1-4H3. The molecule has 1 aromatic carbocycles. The minimum Gasteiger partial charge on any atom is -0.394 e. The van der Waals surface area contributed by atoms with Gasteiger partial charge in [0.1, 0.15) is 0 Å². The van der Waals surface area contributed by atoms with Gasteiger partial charge in [0, 0.05) is 18.6 Å². The molecule has 20 heavy (non-hydrogen) atoms. The number of nitrogen functional groups attached to an aromatic ring is 1. The molecule has 0 saturated heterocycles. The fourth-order valence-electron chi connectivity index (χ4n) is 2.35. The Hall–Kier alpha value is -1.68. The maximum Gasteiger partial charge on any atom is 0.150 e. The van der Waals surface area contributed by atoms with Crippen LogP contribution >= 0.6 is 11.6 Å². The van der Waals surface area contributed by atoms with E-state index in [1.807, 2.05) is 36.9 Å². The van der Waals surface area contributed by atoms with E-state index in [0.29, 0.717) is 0 Å². The molecule has 1 heterocycles. The molecular formula is C15H21ClN4. The molecule has 2 N–H and O–H groups in total. The molecule has 0 saturated carbocycles. The Labute approximate surface area is 125 Å². The second kappa shape index (κ2) is 5.75. The first-order valence-electron chi connectivity index (χ1n) is 6.76. The van der Waals surface area contributed by atoms with Crippen molar-refractivity contribution >= 4 is 23.1 Å². The van der Waals surface area contributed by atoms with Crippen LogP contribution in [-0.2, 0) is 6.54 Å². The van der Waals surface area contributed by atoms with Crippen molar-refractivity contribution in [1.29, 1.82) is 0 Å². The molecule has 2 aromatic rings. The predicted octanol–water partition coefficient (Wildman–Crippen LogP) is 3.64. The maximum atomic E-state index is 6.17. The number of nitrogens with two attached hydrogens (primary N) is 1. The van der Waals surface area contributed by atoms with E-state index < -0.39 is 0 Å². The molecular weight excluding hydrogens is 272 g/mol. The average Bonchev–Trinajstić information content (AvgIpc) is 2.72. The highest BCUT2D eigenvalue weighted by Gasteiger charge is 2.20. The number of nitrogens with zero attached hydrogens (tertiary/aromatic N) is 3. The summed E-state index contributed by atoms with van der Waals surface area (Å²) in [7, 11) is 2.03. The summed E-state index contributed by atoms with van der Waals surface area (Å²) < 4.78 is 1.94. The maximum absolute atomic E-state index is 6.17. The first kappa shape index (κ1) is 14.7. The molecule has 0 bridgehead atoms. The number of aromatic nitrogens is 2. The first-order chi connectivity index (χ1) is 9.45. The largest absolute Gasteiger partial charge is 0.394 e. The van der Waals surface area contributed by atoms with Crippen LogP contribution in [0.2, 0.25) is 5.02 Å². The third kappa shape index (κ3) is 2.61. The van der Waals surface area contributed by atoms with Crippen LogP contribution in [0.15, 0.2) is 24.3 Å². The monoisotopic (exact) mass is 292 g/mol. The van der Waals surface area contributed by atoms with Crippen molar-refractivity contribution in [1.82, 2.24) is 9.78 Å². The number of hydrogen-bond donors (Lipinski definition) is 1. The highest BCUT2D eigenvalue weighted by Crippen LogP contribution is 2.32. The minimum absolute atomic E-state index is 0.164. The predicted molar refractivity (Wildman–Crippen MR) is 85.3 cm³/mol. The van der Waals surface area contributed by atoms with Crippen LogP contribution in [0.3, 0.4) is 0 Å². The Morgan fingerprint density at radius 2 is 2.15 bits per heavy atom. The Morgan fingerprint density at radius 1 is 1.45 bits per heavy atom. The van der Waals surface area contributed by atoms with Crippen LogP contribution in [-0.4, -0.2) is 16.8 Å². The molecule has 0 radical (unpaired) electrons. The van der Waals surface area contributed by atoms with Crippen molar-refractivity contribution in [3.8, 4) is 0 Å². The Bertz CT molecular complexity index is 606. The summed E-state index contributed by atoms with van der Waals surface area (Å²) in [6.07, 6.45) is 0. The fraction of sp³-hybridized carbons (Fsp3) is 0.400. The van der Waals surface area contributed by atoms with Crippen molar-refractivity contribution < 1.29 is 0 Å². The summed E-state index contributed by atoms with van der Waals surface area (Å²) >= 11 is 6.07. The summed E-state index contributed by atoms with van der Waals surface area (Å²) in [6.45, 7) is 6.92. The van der Waals surface area contributed by atoms with E-state index in [2.05, 4.69) is 29.9 Å². The van der Waals surface area contributed by atoms with Gasteiger partial charge >= 0.3 is 0 Å². The van der Waals surface area contributed by atoms with Crippen LogP contribution in [0.25, 0.3) is 0 Å². The second-order valence-electron chi connectivity index (χ2n) is 4.98. The van der Waals surface area contributed by atoms with E-state index in [0.717, 1.165) is 34.3 Å². The molecule has 0 aliphatic rings. The van der Waals surface area contributed by atoms with Gasteiger partial charge in [0.25, 0.3) is 0 Å². The molecule has 2 rings (SSSR count). The molecule has 108 valence electrons. The fourth-order valence-corrected chi connectivity index (χ4v) is 2.55. The summed E-state index contributed by atoms with van der Waals surface area (Å²) in [5.74, 6) is 0.956. The van der Waals surface area contributed by atoms with Crippen LogP contribution in [0, 0.1) is 6.92 Å². The van der Waals surface area contributed by atoms with E-state index in [-0.39, 0.29) is 6.04 Å². The lowest BCUT2D eigenvalue weighted by Crippen LogP contribution is -2.25. The lowest BCUT2D eigenvalue weighted by molar-refractivity contribution is 0.619. The van der Waals surface area contributed by atoms with Gasteiger partial charge in [-0.1, -0.05) is 23.7 Å². The molecule has 0 spiro atoms. The van der Waals surface area contributed by atoms with Gasteiger partial charge in [0.05, 0.1) is 17.4 Å². The molecule has 1 aromatic heterocycles. The van der Waals surface area contributed by atoms with E-state index in [1.165, 1.54) is 0 Å². The molecule has 1 atom stereocenters. The van der Waals surface area contributed by atoms with Gasteiger partial charge in [-0.3, -0.25) is 0 Å². The van der Waals surface area contributed by atoms with Gasteiger partial charge in [0.2, 0.25) is 0 Å². The highest BCUT2D eigenvalue weighted by atomic mass is 35.5. The van der Waals surface area contributed by atoms with Gasteiger partial charge in [-0.05, 0) is 38.5 Å². The van der Waals surface area contributed by atoms with E-state index in [9.17, 15) is 0 Å². The summed E-state index contributed by atoms with van der Waals surface area (Å²) in [5.41, 5.74) is 8.93. The van der Waals surface area contributed by atoms with Gasteiger partial charge in [0.15, 0.2) is 5.82 Å². The van der Waals surface area contributed by atoms with Gasteiger partial charge in [-0.15, -0.1) is 0 Å². The van der Waals surface area contributed by atoms with Crippen LogP contribution in [0.4, 0.5) is 11.5 Å². The third-order valence-electron chi connectivity index (χ3n) is 3.69. The first-order valence-corrected chi connectivity index (χ1v) is 7.14. The SMILES string of the molecule is CCn1nc(C)c(N)c1N(C)C(C)c1cccc(Cl)c1. The summed E-state index contributed by atoms with van der Waals surface area (Å²) in [6, 6.07) is 8.07. The van der Waals surface area contributed by atoms with Crippen molar-refractivity contribution in [3.63, 3.8) is 0 Å². The zero-order chi connectivity index (χ0) is 14.9. The van der Waals surface area contributed by atoms with Crippen LogP contribution in [0.1, 0.15) is 31.1 Å². The van der Waals surface area contributed by atoms with E-state index in [4.69, 9.17) is 17.3 Å². The number of halogens is 1. The Morgan fingerprint density at radius 3 is 2.75 bits per heavy atom. The van der Waals surface area contributed by atoms with Gasteiger partial charge in [-0.25, -0.2) is 4.68 Å². The van der Waals surface area contributed by atoms with Gasteiger partial charge < -0.3 is 10.6 Å². The molecule has 0 aliphatic carbocycles. The summed E-state index contributed by atoms with van der Waals surface area (Å²) in [5, 5.41) is 5.21. The number of aryl methyl sites for hydroxylation is 2. The lowest BCUT2D eigenvalue weighted by atomic mass is 10.1. The molecule has 0 fully saturated rings. The number of benzene rings is 1. The smallest absolute Gasteiger partial charge is 0.150 e. The van der Waals surface area contributed by atoms with Crippen molar-refractivity contribution in [3.05, 3.63) is 40.5 Å². The van der Waals surface area contributed by atoms with E-state index >= 15 is 0 Å². The zero-order valence-corrected chi connectivity index (χ0v) is 13.1. The number of anilines is 2. The normalized spacial score (nSPS) is 12.4. The topological polar surface area (TPSA) is 47.1 Å². The zero-order valence-electron chi connectivity index (χ0n) is 12.4. The molecule has 0 aliphatic heterocycles. The second-order valence-corrected chi connectivity index (χ2v) is 5.42. The third-order valence-corrected chi connectivity index (χ3v) is 3.93. The quantitative estimate of drug-likeness (QED) is 0.936. The number of rotatable bonds is 4. The number of hydrogen-bond acceptors (Lipinski definition) is 3. The molecule has 5 heteroatoms. The van der Waals surface area contributed by atoms with Gasteiger partial charge in [-0.2, -0.15) is 5.10 Å². The van der Waals surface area contributed by atoms with E-state index in [1.54, 1.807) is 0 Å². The molecule has 4 nitrogen and oxygen atoms in total.